The highest BCUT2D eigenvalue weighted by Crippen LogP contribution is 2.21. The van der Waals surface area contributed by atoms with Crippen LogP contribution in [0.25, 0.3) is 11.0 Å². The van der Waals surface area contributed by atoms with Crippen LogP contribution in [-0.2, 0) is 10.0 Å². The van der Waals surface area contributed by atoms with Gasteiger partial charge in [0, 0.05) is 12.1 Å². The number of nitrogens with zero attached hydrogens (tertiary/aromatic N) is 2. The van der Waals surface area contributed by atoms with Crippen LogP contribution in [0.3, 0.4) is 0 Å². The maximum atomic E-state index is 12.4. The van der Waals surface area contributed by atoms with Gasteiger partial charge < -0.3 is 4.98 Å². The molecule has 1 unspecified atom stereocenters. The first-order chi connectivity index (χ1) is 11.4. The van der Waals surface area contributed by atoms with E-state index in [1.165, 1.54) is 18.2 Å². The predicted molar refractivity (Wildman–Crippen MR) is 87.9 cm³/mol. The highest BCUT2D eigenvalue weighted by atomic mass is 32.2. The minimum Gasteiger partial charge on any atom is -0.341 e. The largest absolute Gasteiger partial charge is 0.341 e. The normalized spacial score (nSPS) is 13.0. The molecule has 2 N–H and O–H groups in total. The van der Waals surface area contributed by atoms with Gasteiger partial charge in [0.25, 0.3) is 5.69 Å². The van der Waals surface area contributed by atoms with E-state index in [4.69, 9.17) is 0 Å². The minimum absolute atomic E-state index is 0.167. The zero-order chi connectivity index (χ0) is 17.3. The number of imidazole rings is 1. The molecule has 1 heterocycles. The molecule has 1 aromatic heterocycles. The SMILES string of the molecule is CC(NS(=O)(=O)c1cccc([N+](=O)[O-])c1)c1nc2ccccc2[nH]1. The third kappa shape index (κ3) is 3.12. The number of nitro groups is 1. The fourth-order valence-electron chi connectivity index (χ4n) is 2.30. The first-order valence-corrected chi connectivity index (χ1v) is 8.56. The van der Waals surface area contributed by atoms with Crippen molar-refractivity contribution in [3.05, 3.63) is 64.5 Å². The van der Waals surface area contributed by atoms with Crippen molar-refractivity contribution in [1.29, 1.82) is 0 Å². The van der Waals surface area contributed by atoms with Crippen LogP contribution in [0, 0.1) is 10.1 Å². The van der Waals surface area contributed by atoms with E-state index in [0.717, 1.165) is 17.1 Å². The van der Waals surface area contributed by atoms with Crippen LogP contribution in [0.4, 0.5) is 5.69 Å². The monoisotopic (exact) mass is 346 g/mol. The summed E-state index contributed by atoms with van der Waals surface area (Å²) in [4.78, 5) is 17.4. The average molecular weight is 346 g/mol. The molecule has 124 valence electrons. The van der Waals surface area contributed by atoms with E-state index < -0.39 is 21.0 Å². The number of benzene rings is 2. The molecule has 3 aromatic rings. The zero-order valence-electron chi connectivity index (χ0n) is 12.6. The molecule has 1 atom stereocenters. The number of aromatic nitrogens is 2. The molecular formula is C15H14N4O4S. The smallest absolute Gasteiger partial charge is 0.270 e. The Hall–Kier alpha value is -2.78. The molecule has 0 spiro atoms. The highest BCUT2D eigenvalue weighted by Gasteiger charge is 2.22. The fraction of sp³-hybridized carbons (Fsp3) is 0.133. The summed E-state index contributed by atoms with van der Waals surface area (Å²) in [5.41, 5.74) is 1.25. The lowest BCUT2D eigenvalue weighted by atomic mass is 10.3. The molecule has 8 nitrogen and oxygen atoms in total. The number of para-hydroxylation sites is 2. The number of rotatable bonds is 5. The summed E-state index contributed by atoms with van der Waals surface area (Å²) in [7, 11) is -3.92. The van der Waals surface area contributed by atoms with Crippen LogP contribution in [0.2, 0.25) is 0 Å². The van der Waals surface area contributed by atoms with Gasteiger partial charge in [0.15, 0.2) is 0 Å². The van der Waals surface area contributed by atoms with Gasteiger partial charge in [-0.15, -0.1) is 0 Å². The predicted octanol–water partition coefficient (Wildman–Crippen LogP) is 2.51. The highest BCUT2D eigenvalue weighted by molar-refractivity contribution is 7.89. The molecule has 0 saturated heterocycles. The van der Waals surface area contributed by atoms with E-state index in [9.17, 15) is 18.5 Å². The van der Waals surface area contributed by atoms with Crippen LogP contribution in [0.1, 0.15) is 18.8 Å². The van der Waals surface area contributed by atoms with Gasteiger partial charge in [-0.05, 0) is 25.1 Å². The maximum absolute atomic E-state index is 12.4. The summed E-state index contributed by atoms with van der Waals surface area (Å²) in [5, 5.41) is 10.8. The summed E-state index contributed by atoms with van der Waals surface area (Å²) in [6.07, 6.45) is 0. The van der Waals surface area contributed by atoms with Gasteiger partial charge >= 0.3 is 0 Å². The van der Waals surface area contributed by atoms with Crippen molar-refractivity contribution in [3.8, 4) is 0 Å². The van der Waals surface area contributed by atoms with E-state index in [2.05, 4.69) is 14.7 Å². The van der Waals surface area contributed by atoms with Gasteiger partial charge in [-0.25, -0.2) is 18.1 Å². The van der Waals surface area contributed by atoms with Gasteiger partial charge in [0.2, 0.25) is 10.0 Å². The number of nitro benzene ring substituents is 1. The van der Waals surface area contributed by atoms with Crippen molar-refractivity contribution >= 4 is 26.7 Å². The summed E-state index contributed by atoms with van der Waals surface area (Å²) >= 11 is 0. The molecule has 9 heteroatoms. The van der Waals surface area contributed by atoms with E-state index in [1.54, 1.807) is 6.92 Å². The Labute approximate surface area is 137 Å². The number of fused-ring (bicyclic) bond motifs is 1. The van der Waals surface area contributed by atoms with Crippen molar-refractivity contribution in [2.24, 2.45) is 0 Å². The zero-order valence-corrected chi connectivity index (χ0v) is 13.4. The summed E-state index contributed by atoms with van der Waals surface area (Å²) < 4.78 is 27.3. The molecule has 0 saturated carbocycles. The number of hydrogen-bond acceptors (Lipinski definition) is 5. The van der Waals surface area contributed by atoms with E-state index in [1.807, 2.05) is 24.3 Å². The number of H-pyrrole nitrogens is 1. The Morgan fingerprint density at radius 3 is 2.67 bits per heavy atom. The topological polar surface area (TPSA) is 118 Å². The number of sulfonamides is 1. The first kappa shape index (κ1) is 16.1. The molecule has 0 bridgehead atoms. The van der Waals surface area contributed by atoms with Gasteiger partial charge in [-0.2, -0.15) is 0 Å². The lowest BCUT2D eigenvalue weighted by molar-refractivity contribution is -0.385. The standard InChI is InChI=1S/C15H14N4O4S/c1-10(15-16-13-7-2-3-8-14(13)17-15)18-24(22,23)12-6-4-5-11(9-12)19(20)21/h2-10,18H,1H3,(H,16,17). The van der Waals surface area contributed by atoms with Crippen LogP contribution in [0.15, 0.2) is 53.4 Å². The van der Waals surface area contributed by atoms with Crippen LogP contribution in [-0.4, -0.2) is 23.3 Å². The molecule has 3 rings (SSSR count). The van der Waals surface area contributed by atoms with Gasteiger partial charge in [0.1, 0.15) is 5.82 Å². The molecule has 0 aliphatic carbocycles. The second-order valence-electron chi connectivity index (χ2n) is 5.24. The minimum atomic E-state index is -3.92. The van der Waals surface area contributed by atoms with Crippen LogP contribution < -0.4 is 4.72 Å². The average Bonchev–Trinajstić information content (AvgIpc) is 2.99. The Morgan fingerprint density at radius 2 is 1.96 bits per heavy atom. The van der Waals surface area contributed by atoms with Crippen molar-refractivity contribution in [2.75, 3.05) is 0 Å². The summed E-state index contributed by atoms with van der Waals surface area (Å²) in [6.45, 7) is 1.65. The van der Waals surface area contributed by atoms with Gasteiger partial charge in [0.05, 0.1) is 26.9 Å². The lowest BCUT2D eigenvalue weighted by Crippen LogP contribution is -2.27. The Kier molecular flexibility index (Phi) is 4.04. The van der Waals surface area contributed by atoms with Crippen LogP contribution in [0.5, 0.6) is 0 Å². The Morgan fingerprint density at radius 1 is 1.21 bits per heavy atom. The number of non-ortho nitro benzene ring substituents is 1. The third-order valence-corrected chi connectivity index (χ3v) is 5.03. The summed E-state index contributed by atoms with van der Waals surface area (Å²) in [5.74, 6) is 0.463. The van der Waals surface area contributed by atoms with E-state index >= 15 is 0 Å². The van der Waals surface area contributed by atoms with Crippen LogP contribution >= 0.6 is 0 Å². The molecule has 24 heavy (non-hydrogen) atoms. The second kappa shape index (κ2) is 6.02. The fourth-order valence-corrected chi connectivity index (χ4v) is 3.55. The van der Waals surface area contributed by atoms with Gasteiger partial charge in [-0.1, -0.05) is 18.2 Å². The van der Waals surface area contributed by atoms with E-state index in [-0.39, 0.29) is 10.6 Å². The summed E-state index contributed by atoms with van der Waals surface area (Å²) in [6, 6.07) is 11.6. The number of aromatic amines is 1. The first-order valence-electron chi connectivity index (χ1n) is 7.08. The van der Waals surface area contributed by atoms with Crippen molar-refractivity contribution in [1.82, 2.24) is 14.7 Å². The van der Waals surface area contributed by atoms with Crippen molar-refractivity contribution in [3.63, 3.8) is 0 Å². The van der Waals surface area contributed by atoms with Crippen molar-refractivity contribution < 1.29 is 13.3 Å². The van der Waals surface area contributed by atoms with E-state index in [0.29, 0.717) is 5.82 Å². The molecule has 0 amide bonds. The van der Waals surface area contributed by atoms with Gasteiger partial charge in [-0.3, -0.25) is 10.1 Å². The Balaban J connectivity index is 1.88. The third-order valence-electron chi connectivity index (χ3n) is 3.49. The number of hydrogen-bond donors (Lipinski definition) is 2. The molecule has 0 aliphatic rings. The van der Waals surface area contributed by atoms with Crippen molar-refractivity contribution in [2.45, 2.75) is 17.9 Å². The lowest BCUT2D eigenvalue weighted by Gasteiger charge is -2.12. The molecule has 0 fully saturated rings. The molecule has 0 radical (unpaired) electrons. The maximum Gasteiger partial charge on any atom is 0.270 e. The Bertz CT molecular complexity index is 980. The molecule has 0 aliphatic heterocycles. The molecule has 2 aromatic carbocycles. The number of nitrogens with one attached hydrogen (secondary N) is 2. The molecular weight excluding hydrogens is 332 g/mol. The quantitative estimate of drug-likeness (QED) is 0.543. The second-order valence-corrected chi connectivity index (χ2v) is 6.95.